The van der Waals surface area contributed by atoms with Crippen molar-refractivity contribution in [2.75, 3.05) is 16.4 Å². The van der Waals surface area contributed by atoms with Gasteiger partial charge in [0.05, 0.1) is 11.4 Å². The largest absolute Gasteiger partial charge is 0.326 e. The zero-order chi connectivity index (χ0) is 21.7. The monoisotopic (exact) mass is 464 g/mol. The number of nitrogens with one attached hydrogen (secondary N) is 2. The number of nitrogens with zero attached hydrogens (tertiary/aromatic N) is 4. The van der Waals surface area contributed by atoms with Crippen LogP contribution in [0.3, 0.4) is 0 Å². The van der Waals surface area contributed by atoms with Crippen LogP contribution in [0.15, 0.2) is 28.7 Å². The number of halogens is 1. The highest BCUT2D eigenvalue weighted by molar-refractivity contribution is 7.99. The van der Waals surface area contributed by atoms with E-state index in [9.17, 15) is 9.59 Å². The number of hydrogen-bond donors (Lipinski definition) is 2. The summed E-state index contributed by atoms with van der Waals surface area (Å²) >= 11 is 8.75. The average molecular weight is 465 g/mol. The van der Waals surface area contributed by atoms with Gasteiger partial charge in [-0.2, -0.15) is 0 Å². The molecule has 0 radical (unpaired) electrons. The first kappa shape index (κ1) is 22.3. The van der Waals surface area contributed by atoms with Gasteiger partial charge < -0.3 is 15.2 Å². The van der Waals surface area contributed by atoms with E-state index in [0.717, 1.165) is 11.3 Å². The molecular formula is C19H21ClN6O2S2. The lowest BCUT2D eigenvalue weighted by Crippen LogP contribution is -2.15. The topological polar surface area (TPSA) is 102 Å². The van der Waals surface area contributed by atoms with Crippen molar-refractivity contribution in [3.05, 3.63) is 45.7 Å². The van der Waals surface area contributed by atoms with Gasteiger partial charge in [-0.3, -0.25) is 9.59 Å². The number of rotatable bonds is 8. The number of carbonyl (C=O) groups is 2. The van der Waals surface area contributed by atoms with Gasteiger partial charge in [-0.25, -0.2) is 4.98 Å². The normalized spacial score (nSPS) is 10.8. The van der Waals surface area contributed by atoms with Crippen LogP contribution in [0.2, 0.25) is 5.02 Å². The summed E-state index contributed by atoms with van der Waals surface area (Å²) in [5.74, 6) is 0.574. The van der Waals surface area contributed by atoms with Crippen LogP contribution in [-0.2, 0) is 23.1 Å². The highest BCUT2D eigenvalue weighted by Gasteiger charge is 2.14. The average Bonchev–Trinajstić information content (AvgIpc) is 3.26. The zero-order valence-electron chi connectivity index (χ0n) is 16.7. The Balaban J connectivity index is 1.47. The molecular weight excluding hydrogens is 444 g/mol. The first-order valence-electron chi connectivity index (χ1n) is 9.11. The zero-order valence-corrected chi connectivity index (χ0v) is 19.1. The van der Waals surface area contributed by atoms with Gasteiger partial charge in [-0.15, -0.1) is 21.5 Å². The Morgan fingerprint density at radius 1 is 1.20 bits per heavy atom. The Labute approximate surface area is 187 Å². The standard InChI is InChI=1S/C19H21ClN6O2S2/c1-11-4-5-13(8-14(11)20)22-16(27)7-6-15-24-25-19(26(15)3)30-10-17(28)23-18-21-12(2)9-29-18/h4-5,8-9H,6-7,10H2,1-3H3,(H,22,27)(H,21,23,28). The van der Waals surface area contributed by atoms with Crippen LogP contribution in [0, 0.1) is 13.8 Å². The highest BCUT2D eigenvalue weighted by atomic mass is 35.5. The molecule has 2 aromatic heterocycles. The summed E-state index contributed by atoms with van der Waals surface area (Å²) in [5, 5.41) is 17.5. The smallest absolute Gasteiger partial charge is 0.236 e. The molecule has 1 aromatic carbocycles. The van der Waals surface area contributed by atoms with E-state index in [1.54, 1.807) is 10.6 Å². The van der Waals surface area contributed by atoms with Crippen molar-refractivity contribution < 1.29 is 9.59 Å². The molecule has 3 aromatic rings. The van der Waals surface area contributed by atoms with Crippen LogP contribution in [-0.4, -0.2) is 37.3 Å². The van der Waals surface area contributed by atoms with E-state index in [0.29, 0.717) is 33.2 Å². The molecule has 11 heteroatoms. The Hall–Kier alpha value is -2.43. The molecule has 0 aliphatic heterocycles. The Bertz CT molecular complexity index is 1070. The summed E-state index contributed by atoms with van der Waals surface area (Å²) < 4.78 is 1.79. The number of hydrogen-bond acceptors (Lipinski definition) is 7. The minimum atomic E-state index is -0.157. The minimum absolute atomic E-state index is 0.134. The SMILES string of the molecule is Cc1csc(NC(=O)CSc2nnc(CCC(=O)Nc3ccc(C)c(Cl)c3)n2C)n1. The fourth-order valence-corrected chi connectivity index (χ4v) is 4.12. The number of benzene rings is 1. The first-order valence-corrected chi connectivity index (χ1v) is 11.3. The number of carbonyl (C=O) groups excluding carboxylic acids is 2. The third kappa shape index (κ3) is 6.04. The molecule has 30 heavy (non-hydrogen) atoms. The number of anilines is 2. The van der Waals surface area contributed by atoms with E-state index >= 15 is 0 Å². The van der Waals surface area contributed by atoms with Crippen molar-refractivity contribution >= 4 is 57.3 Å². The second-order valence-electron chi connectivity index (χ2n) is 6.60. The van der Waals surface area contributed by atoms with Crippen LogP contribution in [0.25, 0.3) is 0 Å². The first-order chi connectivity index (χ1) is 14.3. The molecule has 0 saturated heterocycles. The molecule has 2 N–H and O–H groups in total. The molecule has 2 heterocycles. The van der Waals surface area contributed by atoms with Gasteiger partial charge in [0.15, 0.2) is 10.3 Å². The predicted octanol–water partition coefficient (Wildman–Crippen LogP) is 3.84. The maximum atomic E-state index is 12.2. The second kappa shape index (κ2) is 10.1. The maximum Gasteiger partial charge on any atom is 0.236 e. The fraction of sp³-hybridized carbons (Fsp3) is 0.316. The van der Waals surface area contributed by atoms with Crippen LogP contribution < -0.4 is 10.6 Å². The molecule has 0 fully saturated rings. The van der Waals surface area contributed by atoms with E-state index in [2.05, 4.69) is 25.8 Å². The molecule has 0 unspecified atom stereocenters. The summed E-state index contributed by atoms with van der Waals surface area (Å²) in [6.45, 7) is 3.78. The fourth-order valence-electron chi connectivity index (χ4n) is 2.50. The van der Waals surface area contributed by atoms with Crippen molar-refractivity contribution in [3.63, 3.8) is 0 Å². The van der Waals surface area contributed by atoms with Crippen LogP contribution in [0.1, 0.15) is 23.5 Å². The van der Waals surface area contributed by atoms with Crippen molar-refractivity contribution in [3.8, 4) is 0 Å². The number of thiazole rings is 1. The molecule has 8 nitrogen and oxygen atoms in total. The van der Waals surface area contributed by atoms with Gasteiger partial charge in [0.2, 0.25) is 11.8 Å². The van der Waals surface area contributed by atoms with Gasteiger partial charge >= 0.3 is 0 Å². The van der Waals surface area contributed by atoms with E-state index in [1.165, 1.54) is 23.1 Å². The quantitative estimate of drug-likeness (QED) is 0.491. The Morgan fingerprint density at radius 2 is 2.00 bits per heavy atom. The molecule has 3 rings (SSSR count). The van der Waals surface area contributed by atoms with Crippen LogP contribution in [0.5, 0.6) is 0 Å². The molecule has 0 aliphatic carbocycles. The van der Waals surface area contributed by atoms with Crippen LogP contribution in [0.4, 0.5) is 10.8 Å². The molecule has 0 saturated carbocycles. The van der Waals surface area contributed by atoms with Gasteiger partial charge in [-0.05, 0) is 31.5 Å². The number of amides is 2. The highest BCUT2D eigenvalue weighted by Crippen LogP contribution is 2.21. The third-order valence-corrected chi connectivity index (χ3v) is 6.46. The maximum absolute atomic E-state index is 12.2. The summed E-state index contributed by atoms with van der Waals surface area (Å²) in [6.07, 6.45) is 0.687. The predicted molar refractivity (Wildman–Crippen MR) is 120 cm³/mol. The summed E-state index contributed by atoms with van der Waals surface area (Å²) in [7, 11) is 1.82. The summed E-state index contributed by atoms with van der Waals surface area (Å²) in [6, 6.07) is 5.40. The molecule has 0 aliphatic rings. The lowest BCUT2D eigenvalue weighted by molar-refractivity contribution is -0.116. The van der Waals surface area contributed by atoms with Gasteiger partial charge in [-0.1, -0.05) is 29.4 Å². The third-order valence-electron chi connectivity index (χ3n) is 4.15. The lowest BCUT2D eigenvalue weighted by Gasteiger charge is -2.07. The summed E-state index contributed by atoms with van der Waals surface area (Å²) in [4.78, 5) is 28.5. The molecule has 2 amide bonds. The van der Waals surface area contributed by atoms with Gasteiger partial charge in [0.1, 0.15) is 5.82 Å². The second-order valence-corrected chi connectivity index (χ2v) is 8.81. The van der Waals surface area contributed by atoms with Crippen LogP contribution >= 0.6 is 34.7 Å². The molecule has 0 bridgehead atoms. The van der Waals surface area contributed by atoms with Crippen molar-refractivity contribution in [2.45, 2.75) is 31.8 Å². The number of aromatic nitrogens is 4. The van der Waals surface area contributed by atoms with E-state index < -0.39 is 0 Å². The van der Waals surface area contributed by atoms with Crippen molar-refractivity contribution in [2.24, 2.45) is 7.05 Å². The molecule has 158 valence electrons. The Morgan fingerprint density at radius 3 is 2.70 bits per heavy atom. The van der Waals surface area contributed by atoms with Crippen molar-refractivity contribution in [1.82, 2.24) is 19.7 Å². The van der Waals surface area contributed by atoms with Crippen molar-refractivity contribution in [1.29, 1.82) is 0 Å². The summed E-state index contributed by atoms with van der Waals surface area (Å²) in [5.41, 5.74) is 2.48. The number of aryl methyl sites for hydroxylation is 3. The van der Waals surface area contributed by atoms with Gasteiger partial charge in [0, 0.05) is 36.0 Å². The Kier molecular flexibility index (Phi) is 7.46. The number of thioether (sulfide) groups is 1. The van der Waals surface area contributed by atoms with Gasteiger partial charge in [0.25, 0.3) is 0 Å². The lowest BCUT2D eigenvalue weighted by atomic mass is 10.2. The molecule has 0 spiro atoms. The molecule has 0 atom stereocenters. The van der Waals surface area contributed by atoms with E-state index in [1.807, 2.05) is 38.4 Å². The minimum Gasteiger partial charge on any atom is -0.326 e. The van der Waals surface area contributed by atoms with E-state index in [4.69, 9.17) is 11.6 Å². The van der Waals surface area contributed by atoms with E-state index in [-0.39, 0.29) is 24.0 Å².